The normalized spacial score (nSPS) is 13.7. The quantitative estimate of drug-likeness (QED) is 0.747. The summed E-state index contributed by atoms with van der Waals surface area (Å²) in [7, 11) is -2.11. The number of rotatable bonds is 7. The lowest BCUT2D eigenvalue weighted by atomic mass is 10.1. The van der Waals surface area contributed by atoms with Crippen molar-refractivity contribution in [3.05, 3.63) is 34.9 Å². The molecule has 1 unspecified atom stereocenters. The van der Waals surface area contributed by atoms with Gasteiger partial charge in [0.1, 0.15) is 5.75 Å². The number of aliphatic hydroxyl groups excluding tert-OH is 1. The first-order chi connectivity index (χ1) is 10.7. The summed E-state index contributed by atoms with van der Waals surface area (Å²) in [6.45, 7) is 9.12. The van der Waals surface area contributed by atoms with Gasteiger partial charge in [0.15, 0.2) is 0 Å². The molecule has 2 N–H and O–H groups in total. The summed E-state index contributed by atoms with van der Waals surface area (Å²) in [6, 6.07) is 1.36. The molecule has 0 heterocycles. The zero-order valence-corrected chi connectivity index (χ0v) is 15.5. The summed E-state index contributed by atoms with van der Waals surface area (Å²) < 4.78 is 33.7. The SMILES string of the molecule is COc1cc(C)c(S(=O)(=O)NC(/C=C\CO)C(C)C)c(C)c1C. The van der Waals surface area contributed by atoms with E-state index in [2.05, 4.69) is 4.72 Å². The zero-order valence-electron chi connectivity index (χ0n) is 14.7. The molecule has 0 radical (unpaired) electrons. The van der Waals surface area contributed by atoms with Crippen molar-refractivity contribution in [1.29, 1.82) is 0 Å². The van der Waals surface area contributed by atoms with Gasteiger partial charge in [-0.3, -0.25) is 0 Å². The number of hydrogen-bond donors (Lipinski definition) is 2. The predicted molar refractivity (Wildman–Crippen MR) is 92.4 cm³/mol. The molecule has 0 aliphatic carbocycles. The van der Waals surface area contributed by atoms with Gasteiger partial charge >= 0.3 is 0 Å². The summed E-state index contributed by atoms with van der Waals surface area (Å²) in [6.07, 6.45) is 3.23. The lowest BCUT2D eigenvalue weighted by molar-refractivity contribution is 0.341. The molecule has 1 aromatic rings. The highest BCUT2D eigenvalue weighted by Crippen LogP contribution is 2.30. The van der Waals surface area contributed by atoms with Crippen molar-refractivity contribution in [3.63, 3.8) is 0 Å². The van der Waals surface area contributed by atoms with Crippen LogP contribution in [0.1, 0.15) is 30.5 Å². The average molecular weight is 341 g/mol. The van der Waals surface area contributed by atoms with E-state index in [0.717, 1.165) is 5.56 Å². The Bertz CT molecular complexity index is 678. The van der Waals surface area contributed by atoms with E-state index < -0.39 is 10.0 Å². The van der Waals surface area contributed by atoms with Crippen LogP contribution in [0.2, 0.25) is 0 Å². The largest absolute Gasteiger partial charge is 0.496 e. The molecule has 0 spiro atoms. The van der Waals surface area contributed by atoms with Gasteiger partial charge in [-0.15, -0.1) is 0 Å². The van der Waals surface area contributed by atoms with Gasteiger partial charge in [0.05, 0.1) is 18.6 Å². The maximum atomic E-state index is 12.9. The molecule has 130 valence electrons. The second-order valence-electron chi connectivity index (χ2n) is 5.98. The standard InChI is InChI=1S/C17H27NO4S/c1-11(2)15(8-7-9-19)18-23(20,21)17-12(3)10-16(22-6)13(4)14(17)5/h7-8,10-11,15,18-19H,9H2,1-6H3/b8-7-. The molecule has 1 atom stereocenters. The number of methoxy groups -OCH3 is 1. The monoisotopic (exact) mass is 341 g/mol. The number of aliphatic hydroxyl groups is 1. The van der Waals surface area contributed by atoms with E-state index in [1.807, 2.05) is 20.8 Å². The first-order valence-electron chi connectivity index (χ1n) is 7.60. The van der Waals surface area contributed by atoms with Crippen LogP contribution in [0.25, 0.3) is 0 Å². The smallest absolute Gasteiger partial charge is 0.241 e. The van der Waals surface area contributed by atoms with Crippen molar-refractivity contribution in [2.24, 2.45) is 5.92 Å². The number of ether oxygens (including phenoxy) is 1. The van der Waals surface area contributed by atoms with E-state index in [1.54, 1.807) is 39.2 Å². The molecular formula is C17H27NO4S. The summed E-state index contributed by atoms with van der Waals surface area (Å²) in [5.74, 6) is 0.743. The third-order valence-corrected chi connectivity index (χ3v) is 5.67. The van der Waals surface area contributed by atoms with E-state index in [4.69, 9.17) is 9.84 Å². The van der Waals surface area contributed by atoms with Gasteiger partial charge in [-0.25, -0.2) is 13.1 Å². The fourth-order valence-corrected chi connectivity index (χ4v) is 4.36. The van der Waals surface area contributed by atoms with Crippen LogP contribution in [-0.4, -0.2) is 33.3 Å². The van der Waals surface area contributed by atoms with Crippen LogP contribution in [0.5, 0.6) is 5.75 Å². The van der Waals surface area contributed by atoms with Crippen LogP contribution in [0, 0.1) is 26.7 Å². The van der Waals surface area contributed by atoms with Gasteiger partial charge in [-0.2, -0.15) is 0 Å². The fraction of sp³-hybridized carbons (Fsp3) is 0.529. The lowest BCUT2D eigenvalue weighted by Gasteiger charge is -2.22. The summed E-state index contributed by atoms with van der Waals surface area (Å²) in [4.78, 5) is 0.291. The third-order valence-electron chi connectivity index (χ3n) is 3.93. The summed E-state index contributed by atoms with van der Waals surface area (Å²) >= 11 is 0. The molecule has 0 fully saturated rings. The Balaban J connectivity index is 3.33. The number of sulfonamides is 1. The molecule has 1 aromatic carbocycles. The maximum absolute atomic E-state index is 12.9. The minimum atomic E-state index is -3.68. The first-order valence-corrected chi connectivity index (χ1v) is 9.08. The minimum Gasteiger partial charge on any atom is -0.496 e. The fourth-order valence-electron chi connectivity index (χ4n) is 2.49. The van der Waals surface area contributed by atoms with Gasteiger partial charge in [0, 0.05) is 6.04 Å². The Morgan fingerprint density at radius 2 is 1.87 bits per heavy atom. The Hall–Kier alpha value is -1.37. The molecule has 0 amide bonds. The molecule has 5 nitrogen and oxygen atoms in total. The van der Waals surface area contributed by atoms with Crippen molar-refractivity contribution in [3.8, 4) is 5.75 Å². The van der Waals surface area contributed by atoms with Gasteiger partial charge in [-0.1, -0.05) is 26.0 Å². The van der Waals surface area contributed by atoms with Gasteiger partial charge < -0.3 is 9.84 Å². The summed E-state index contributed by atoms with van der Waals surface area (Å²) in [5.41, 5.74) is 2.14. The molecule has 0 saturated carbocycles. The molecule has 6 heteroatoms. The Morgan fingerprint density at radius 3 is 2.35 bits per heavy atom. The van der Waals surface area contributed by atoms with Crippen molar-refractivity contribution in [1.82, 2.24) is 4.72 Å². The molecule has 0 aliphatic rings. The summed E-state index contributed by atoms with van der Waals surface area (Å²) in [5, 5.41) is 8.92. The van der Waals surface area contributed by atoms with E-state index in [0.29, 0.717) is 21.8 Å². The third kappa shape index (κ3) is 4.56. The van der Waals surface area contributed by atoms with Gasteiger partial charge in [-0.05, 0) is 49.4 Å². The van der Waals surface area contributed by atoms with Crippen molar-refractivity contribution in [2.75, 3.05) is 13.7 Å². The molecule has 0 aliphatic heterocycles. The average Bonchev–Trinajstić information content (AvgIpc) is 2.46. The molecule has 0 aromatic heterocycles. The number of hydrogen-bond acceptors (Lipinski definition) is 4. The second-order valence-corrected chi connectivity index (χ2v) is 7.63. The van der Waals surface area contributed by atoms with Crippen molar-refractivity contribution >= 4 is 10.0 Å². The van der Waals surface area contributed by atoms with Crippen LogP contribution in [0.15, 0.2) is 23.1 Å². The minimum absolute atomic E-state index is 0.0625. The van der Waals surface area contributed by atoms with Crippen molar-refractivity contribution < 1.29 is 18.3 Å². The van der Waals surface area contributed by atoms with Crippen LogP contribution in [0.4, 0.5) is 0 Å². The van der Waals surface area contributed by atoms with Crippen molar-refractivity contribution in [2.45, 2.75) is 45.6 Å². The second kappa shape index (κ2) is 7.95. The molecule has 1 rings (SSSR count). The van der Waals surface area contributed by atoms with Gasteiger partial charge in [0.2, 0.25) is 10.0 Å². The highest BCUT2D eigenvalue weighted by molar-refractivity contribution is 7.89. The van der Waals surface area contributed by atoms with E-state index in [9.17, 15) is 8.42 Å². The first kappa shape index (κ1) is 19.7. The maximum Gasteiger partial charge on any atom is 0.241 e. The lowest BCUT2D eigenvalue weighted by Crippen LogP contribution is -2.37. The predicted octanol–water partition coefficient (Wildman–Crippen LogP) is 2.47. The molecule has 23 heavy (non-hydrogen) atoms. The zero-order chi connectivity index (χ0) is 17.8. The number of nitrogens with one attached hydrogen (secondary N) is 1. The molecular weight excluding hydrogens is 314 g/mol. The number of benzene rings is 1. The van der Waals surface area contributed by atoms with Crippen LogP contribution >= 0.6 is 0 Å². The van der Waals surface area contributed by atoms with Gasteiger partial charge in [0.25, 0.3) is 0 Å². The Labute approximate surface area is 139 Å². The highest BCUT2D eigenvalue weighted by Gasteiger charge is 2.26. The van der Waals surface area contributed by atoms with Crippen LogP contribution in [-0.2, 0) is 10.0 Å². The van der Waals surface area contributed by atoms with E-state index in [1.165, 1.54) is 0 Å². The Kier molecular flexibility index (Phi) is 6.80. The number of aryl methyl sites for hydroxylation is 1. The highest BCUT2D eigenvalue weighted by atomic mass is 32.2. The van der Waals surface area contributed by atoms with E-state index >= 15 is 0 Å². The topological polar surface area (TPSA) is 75.6 Å². The Morgan fingerprint density at radius 1 is 1.26 bits per heavy atom. The molecule has 0 saturated heterocycles. The molecule has 0 bridgehead atoms. The van der Waals surface area contributed by atoms with Crippen LogP contribution < -0.4 is 9.46 Å². The van der Waals surface area contributed by atoms with Crippen LogP contribution in [0.3, 0.4) is 0 Å². The van der Waals surface area contributed by atoms with E-state index in [-0.39, 0.29) is 18.6 Å².